The van der Waals surface area contributed by atoms with Crippen LogP contribution in [0.25, 0.3) is 0 Å². The third kappa shape index (κ3) is 8.66. The minimum Gasteiger partial charge on any atom is -0.497 e. The molecule has 9 nitrogen and oxygen atoms in total. The lowest BCUT2D eigenvalue weighted by molar-refractivity contribution is -0.134. The van der Waals surface area contributed by atoms with E-state index in [0.717, 1.165) is 11.1 Å². The van der Waals surface area contributed by atoms with E-state index in [1.165, 1.54) is 0 Å². The van der Waals surface area contributed by atoms with E-state index < -0.39 is 17.9 Å². The van der Waals surface area contributed by atoms with Crippen LogP contribution >= 0.6 is 0 Å². The number of aryl methyl sites for hydroxylation is 1. The molecule has 2 rings (SSSR count). The molecule has 0 aliphatic carbocycles. The molecule has 34 heavy (non-hydrogen) atoms. The average molecular weight is 475 g/mol. The summed E-state index contributed by atoms with van der Waals surface area (Å²) < 4.78 is 21.4. The third-order valence-corrected chi connectivity index (χ3v) is 5.28. The van der Waals surface area contributed by atoms with Crippen LogP contribution in [0.5, 0.6) is 11.5 Å². The number of amides is 2. The molecular weight excluding hydrogens is 440 g/mol. The zero-order valence-electron chi connectivity index (χ0n) is 20.1. The SMILES string of the molecule is CCOCOC[C@H](C[C@H](Cc1cc(OC)cc(OC)c1)C(=O)NO)NC(=O)c1ccc(C)cc1. The number of hydroxylamine groups is 1. The predicted octanol–water partition coefficient (Wildman–Crippen LogP) is 2.88. The smallest absolute Gasteiger partial charge is 0.251 e. The van der Waals surface area contributed by atoms with E-state index in [1.807, 2.05) is 26.0 Å². The molecule has 0 aliphatic rings. The Morgan fingerprint density at radius 2 is 1.65 bits per heavy atom. The van der Waals surface area contributed by atoms with Gasteiger partial charge in [-0.25, -0.2) is 5.48 Å². The first-order valence-corrected chi connectivity index (χ1v) is 11.1. The van der Waals surface area contributed by atoms with E-state index >= 15 is 0 Å². The highest BCUT2D eigenvalue weighted by molar-refractivity contribution is 5.94. The van der Waals surface area contributed by atoms with Crippen LogP contribution in [-0.2, 0) is 20.7 Å². The van der Waals surface area contributed by atoms with Crippen LogP contribution in [0.4, 0.5) is 0 Å². The van der Waals surface area contributed by atoms with Gasteiger partial charge >= 0.3 is 0 Å². The summed E-state index contributed by atoms with van der Waals surface area (Å²) in [5.41, 5.74) is 4.06. The lowest BCUT2D eigenvalue weighted by Gasteiger charge is -2.24. The zero-order chi connectivity index (χ0) is 24.9. The van der Waals surface area contributed by atoms with Crippen molar-refractivity contribution in [3.8, 4) is 11.5 Å². The maximum Gasteiger partial charge on any atom is 0.251 e. The molecule has 2 amide bonds. The maximum atomic E-state index is 12.8. The highest BCUT2D eigenvalue weighted by Crippen LogP contribution is 2.25. The van der Waals surface area contributed by atoms with Gasteiger partial charge in [0.15, 0.2) is 0 Å². The number of nitrogens with one attached hydrogen (secondary N) is 2. The molecule has 0 radical (unpaired) electrons. The van der Waals surface area contributed by atoms with Crippen LogP contribution in [0.1, 0.15) is 34.8 Å². The Hall–Kier alpha value is -3.14. The Balaban J connectivity index is 2.20. The van der Waals surface area contributed by atoms with E-state index in [2.05, 4.69) is 5.32 Å². The van der Waals surface area contributed by atoms with Gasteiger partial charge in [0.1, 0.15) is 18.3 Å². The highest BCUT2D eigenvalue weighted by atomic mass is 16.7. The molecule has 0 unspecified atom stereocenters. The summed E-state index contributed by atoms with van der Waals surface area (Å²) in [6.07, 6.45) is 0.498. The molecular formula is C25H34N2O7. The molecule has 2 aromatic rings. The number of carbonyl (C=O) groups is 2. The predicted molar refractivity (Wildman–Crippen MR) is 126 cm³/mol. The molecule has 2 atom stereocenters. The van der Waals surface area contributed by atoms with Crippen molar-refractivity contribution in [3.05, 3.63) is 59.2 Å². The fourth-order valence-corrected chi connectivity index (χ4v) is 3.46. The van der Waals surface area contributed by atoms with Gasteiger partial charge in [0, 0.05) is 24.2 Å². The second-order valence-electron chi connectivity index (χ2n) is 7.85. The van der Waals surface area contributed by atoms with Gasteiger partial charge in [-0.05, 0) is 56.5 Å². The second kappa shape index (κ2) is 14.2. The molecule has 186 valence electrons. The van der Waals surface area contributed by atoms with Gasteiger partial charge in [0.2, 0.25) is 5.91 Å². The fourth-order valence-electron chi connectivity index (χ4n) is 3.46. The van der Waals surface area contributed by atoms with Crippen LogP contribution in [0.3, 0.4) is 0 Å². The number of benzene rings is 2. The molecule has 0 fully saturated rings. The number of hydrogen-bond acceptors (Lipinski definition) is 7. The van der Waals surface area contributed by atoms with Crippen molar-refractivity contribution in [1.82, 2.24) is 10.8 Å². The second-order valence-corrected chi connectivity index (χ2v) is 7.85. The first-order valence-electron chi connectivity index (χ1n) is 11.1. The normalized spacial score (nSPS) is 12.5. The van der Waals surface area contributed by atoms with E-state index in [9.17, 15) is 14.8 Å². The Labute approximate surface area is 200 Å². The highest BCUT2D eigenvalue weighted by Gasteiger charge is 2.25. The number of carbonyl (C=O) groups excluding carboxylic acids is 2. The van der Waals surface area contributed by atoms with Gasteiger partial charge in [0.25, 0.3) is 5.91 Å². The number of ether oxygens (including phenoxy) is 4. The lowest BCUT2D eigenvalue weighted by atomic mass is 9.91. The van der Waals surface area contributed by atoms with Crippen LogP contribution in [0, 0.1) is 12.8 Å². The summed E-state index contributed by atoms with van der Waals surface area (Å²) in [4.78, 5) is 25.3. The van der Waals surface area contributed by atoms with Crippen LogP contribution < -0.4 is 20.3 Å². The summed E-state index contributed by atoms with van der Waals surface area (Å²) >= 11 is 0. The lowest BCUT2D eigenvalue weighted by Crippen LogP contribution is -2.42. The number of methoxy groups -OCH3 is 2. The van der Waals surface area contributed by atoms with Crippen molar-refractivity contribution in [3.63, 3.8) is 0 Å². The molecule has 0 bridgehead atoms. The van der Waals surface area contributed by atoms with Crippen molar-refractivity contribution in [1.29, 1.82) is 0 Å². The molecule has 0 saturated heterocycles. The van der Waals surface area contributed by atoms with Crippen molar-refractivity contribution in [2.75, 3.05) is 34.2 Å². The molecule has 0 aliphatic heterocycles. The molecule has 0 heterocycles. The molecule has 0 aromatic heterocycles. The first kappa shape index (κ1) is 27.1. The minimum absolute atomic E-state index is 0.0668. The third-order valence-electron chi connectivity index (χ3n) is 5.28. The topological polar surface area (TPSA) is 115 Å². The Morgan fingerprint density at radius 1 is 1.00 bits per heavy atom. The van der Waals surface area contributed by atoms with Crippen molar-refractivity contribution in [2.45, 2.75) is 32.7 Å². The zero-order valence-corrected chi connectivity index (χ0v) is 20.1. The fraction of sp³-hybridized carbons (Fsp3) is 0.440. The molecule has 3 N–H and O–H groups in total. The Kier molecular flexibility index (Phi) is 11.3. The molecule has 9 heteroatoms. The number of hydrogen-bond donors (Lipinski definition) is 3. The van der Waals surface area contributed by atoms with E-state index in [4.69, 9.17) is 18.9 Å². The molecule has 2 aromatic carbocycles. The summed E-state index contributed by atoms with van der Waals surface area (Å²) in [5.74, 6) is -0.346. The summed E-state index contributed by atoms with van der Waals surface area (Å²) in [6.45, 7) is 4.49. The van der Waals surface area contributed by atoms with Crippen molar-refractivity contribution >= 4 is 11.8 Å². The van der Waals surface area contributed by atoms with Gasteiger partial charge in [-0.2, -0.15) is 0 Å². The first-order chi connectivity index (χ1) is 16.4. The van der Waals surface area contributed by atoms with E-state index in [-0.39, 0.29) is 32.1 Å². The maximum absolute atomic E-state index is 12.8. The van der Waals surface area contributed by atoms with Crippen LogP contribution in [-0.4, -0.2) is 57.3 Å². The van der Waals surface area contributed by atoms with Crippen LogP contribution in [0.2, 0.25) is 0 Å². The average Bonchev–Trinajstić information content (AvgIpc) is 2.85. The summed E-state index contributed by atoms with van der Waals surface area (Å²) in [6, 6.07) is 12.0. The monoisotopic (exact) mass is 474 g/mol. The van der Waals surface area contributed by atoms with Crippen molar-refractivity contribution in [2.24, 2.45) is 5.92 Å². The molecule has 0 saturated carbocycles. The van der Waals surface area contributed by atoms with Gasteiger partial charge in [0.05, 0.1) is 26.9 Å². The van der Waals surface area contributed by atoms with Gasteiger partial charge < -0.3 is 24.3 Å². The quantitative estimate of drug-likeness (QED) is 0.167. The Morgan fingerprint density at radius 3 is 2.21 bits per heavy atom. The van der Waals surface area contributed by atoms with Gasteiger partial charge in [-0.15, -0.1) is 0 Å². The van der Waals surface area contributed by atoms with E-state index in [0.29, 0.717) is 23.7 Å². The summed E-state index contributed by atoms with van der Waals surface area (Å²) in [5, 5.41) is 12.3. The van der Waals surface area contributed by atoms with Gasteiger partial charge in [-0.3, -0.25) is 14.8 Å². The molecule has 0 spiro atoms. The largest absolute Gasteiger partial charge is 0.497 e. The van der Waals surface area contributed by atoms with Gasteiger partial charge in [-0.1, -0.05) is 17.7 Å². The van der Waals surface area contributed by atoms with Crippen LogP contribution in [0.15, 0.2) is 42.5 Å². The summed E-state index contributed by atoms with van der Waals surface area (Å²) in [7, 11) is 3.09. The van der Waals surface area contributed by atoms with Crippen molar-refractivity contribution < 1.29 is 33.7 Å². The standard InChI is InChI=1S/C25H34N2O7/c1-5-33-16-34-15-21(26-24(28)19-8-6-17(2)7-9-19)13-20(25(29)27-30)10-18-11-22(31-3)14-23(12-18)32-4/h6-9,11-12,14,20-21,30H,5,10,13,15-16H2,1-4H3,(H,26,28)(H,27,29)/t20-,21-/m0/s1. The Bertz CT molecular complexity index is 896. The minimum atomic E-state index is -0.666. The number of rotatable bonds is 14. The van der Waals surface area contributed by atoms with E-state index in [1.54, 1.807) is 50.0 Å².